The number of aromatic nitrogens is 1. The van der Waals surface area contributed by atoms with Crippen molar-refractivity contribution in [3.8, 4) is 0 Å². The number of anilines is 1. The lowest BCUT2D eigenvalue weighted by Crippen LogP contribution is -2.51. The smallest absolute Gasteiger partial charge is 0.321 e. The number of hydrogen-bond acceptors (Lipinski definition) is 3. The zero-order chi connectivity index (χ0) is 14.7. The van der Waals surface area contributed by atoms with Crippen LogP contribution in [0.1, 0.15) is 19.8 Å². The number of nitrogens with one attached hydrogen (secondary N) is 1. The normalized spacial score (nSPS) is 19.6. The molecular weight excluding hydrogens is 264 g/mol. The summed E-state index contributed by atoms with van der Waals surface area (Å²) < 4.78 is 0. The molecule has 0 atom stereocenters. The minimum atomic E-state index is 0.00988. The maximum absolute atomic E-state index is 12.1. The van der Waals surface area contributed by atoms with Crippen molar-refractivity contribution < 1.29 is 4.79 Å². The molecule has 1 saturated carbocycles. The first kappa shape index (κ1) is 13.9. The van der Waals surface area contributed by atoms with Crippen LogP contribution in [0.5, 0.6) is 0 Å². The SMILES string of the molecule is C/C(=C\NC(=O)N1CCN(c2ccccn2)CC1)C1CC1. The maximum Gasteiger partial charge on any atom is 0.321 e. The Morgan fingerprint density at radius 1 is 1.29 bits per heavy atom. The van der Waals surface area contributed by atoms with Gasteiger partial charge in [-0.25, -0.2) is 9.78 Å². The van der Waals surface area contributed by atoms with E-state index in [4.69, 9.17) is 0 Å². The average molecular weight is 286 g/mol. The predicted octanol–water partition coefficient (Wildman–Crippen LogP) is 2.23. The molecule has 1 N–H and O–H groups in total. The van der Waals surface area contributed by atoms with Crippen LogP contribution in [0.2, 0.25) is 0 Å². The van der Waals surface area contributed by atoms with Gasteiger partial charge in [-0.1, -0.05) is 11.6 Å². The van der Waals surface area contributed by atoms with Crippen LogP contribution < -0.4 is 10.2 Å². The fourth-order valence-corrected chi connectivity index (χ4v) is 2.60. The number of hydrogen-bond donors (Lipinski definition) is 1. The minimum Gasteiger partial charge on any atom is -0.353 e. The van der Waals surface area contributed by atoms with Gasteiger partial charge in [0.25, 0.3) is 0 Å². The first-order valence-electron chi connectivity index (χ1n) is 7.62. The van der Waals surface area contributed by atoms with Gasteiger partial charge in [-0.2, -0.15) is 0 Å². The summed E-state index contributed by atoms with van der Waals surface area (Å²) in [7, 11) is 0. The molecule has 2 aliphatic rings. The number of carbonyl (C=O) groups excluding carboxylic acids is 1. The Morgan fingerprint density at radius 2 is 2.05 bits per heavy atom. The Kier molecular flexibility index (Phi) is 4.08. The van der Waals surface area contributed by atoms with Crippen molar-refractivity contribution in [2.45, 2.75) is 19.8 Å². The van der Waals surface area contributed by atoms with E-state index in [0.29, 0.717) is 5.92 Å². The van der Waals surface area contributed by atoms with Crippen LogP contribution in [0.25, 0.3) is 0 Å². The number of pyridine rings is 1. The van der Waals surface area contributed by atoms with Crippen molar-refractivity contribution in [2.24, 2.45) is 5.92 Å². The van der Waals surface area contributed by atoms with E-state index < -0.39 is 0 Å². The molecule has 0 bridgehead atoms. The molecule has 112 valence electrons. The molecule has 1 aromatic rings. The largest absolute Gasteiger partial charge is 0.353 e. The predicted molar refractivity (Wildman–Crippen MR) is 83.0 cm³/mol. The Balaban J connectivity index is 1.49. The summed E-state index contributed by atoms with van der Waals surface area (Å²) in [5.74, 6) is 1.69. The number of carbonyl (C=O) groups is 1. The quantitative estimate of drug-likeness (QED) is 0.927. The summed E-state index contributed by atoms with van der Waals surface area (Å²) in [6.45, 7) is 5.22. The summed E-state index contributed by atoms with van der Waals surface area (Å²) in [4.78, 5) is 20.6. The summed E-state index contributed by atoms with van der Waals surface area (Å²) in [5.41, 5.74) is 1.29. The van der Waals surface area contributed by atoms with Crippen LogP contribution in [-0.4, -0.2) is 42.1 Å². The third kappa shape index (κ3) is 3.54. The van der Waals surface area contributed by atoms with Crippen LogP contribution in [0.3, 0.4) is 0 Å². The fraction of sp³-hybridized carbons (Fsp3) is 0.500. The number of amides is 2. The molecule has 21 heavy (non-hydrogen) atoms. The summed E-state index contributed by atoms with van der Waals surface area (Å²) >= 11 is 0. The number of urea groups is 1. The Labute approximate surface area is 125 Å². The molecule has 3 rings (SSSR count). The molecule has 1 aliphatic carbocycles. The van der Waals surface area contributed by atoms with Crippen LogP contribution in [0, 0.1) is 5.92 Å². The monoisotopic (exact) mass is 286 g/mol. The van der Waals surface area contributed by atoms with E-state index in [0.717, 1.165) is 32.0 Å². The zero-order valence-electron chi connectivity index (χ0n) is 12.5. The lowest BCUT2D eigenvalue weighted by atomic mass is 10.2. The third-order valence-electron chi connectivity index (χ3n) is 4.18. The van der Waals surface area contributed by atoms with E-state index >= 15 is 0 Å². The molecular formula is C16H22N4O. The lowest BCUT2D eigenvalue weighted by molar-refractivity contribution is 0.198. The van der Waals surface area contributed by atoms with Gasteiger partial charge in [0.2, 0.25) is 0 Å². The average Bonchev–Trinajstić information content (AvgIpc) is 3.38. The zero-order valence-corrected chi connectivity index (χ0v) is 12.5. The van der Waals surface area contributed by atoms with E-state index in [2.05, 4.69) is 22.1 Å². The van der Waals surface area contributed by atoms with Crippen molar-refractivity contribution in [1.82, 2.24) is 15.2 Å². The number of allylic oxidation sites excluding steroid dienone is 1. The molecule has 0 unspecified atom stereocenters. The molecule has 1 aliphatic heterocycles. The first-order chi connectivity index (χ1) is 10.2. The minimum absolute atomic E-state index is 0.00988. The van der Waals surface area contributed by atoms with Gasteiger partial charge in [0, 0.05) is 38.6 Å². The fourth-order valence-electron chi connectivity index (χ4n) is 2.60. The van der Waals surface area contributed by atoms with Gasteiger partial charge in [-0.05, 0) is 37.8 Å². The second kappa shape index (κ2) is 6.16. The van der Waals surface area contributed by atoms with E-state index in [1.165, 1.54) is 18.4 Å². The van der Waals surface area contributed by atoms with Crippen molar-refractivity contribution in [3.63, 3.8) is 0 Å². The van der Waals surface area contributed by atoms with Gasteiger partial charge < -0.3 is 15.1 Å². The molecule has 1 aromatic heterocycles. The standard InChI is InChI=1S/C16H22N4O/c1-13(14-5-6-14)12-18-16(21)20-10-8-19(9-11-20)15-4-2-3-7-17-15/h2-4,7,12,14H,5-6,8-11H2,1H3,(H,18,21)/b13-12+. The molecule has 2 fully saturated rings. The number of rotatable bonds is 3. The molecule has 5 heteroatoms. The molecule has 2 heterocycles. The highest BCUT2D eigenvalue weighted by atomic mass is 16.2. The van der Waals surface area contributed by atoms with Gasteiger partial charge in [0.1, 0.15) is 5.82 Å². The van der Waals surface area contributed by atoms with E-state index in [-0.39, 0.29) is 6.03 Å². The van der Waals surface area contributed by atoms with Crippen LogP contribution in [-0.2, 0) is 0 Å². The second-order valence-electron chi connectivity index (χ2n) is 5.77. The second-order valence-corrected chi connectivity index (χ2v) is 5.77. The van der Waals surface area contributed by atoms with Crippen molar-refractivity contribution in [3.05, 3.63) is 36.2 Å². The Bertz CT molecular complexity index is 516. The highest BCUT2D eigenvalue weighted by Crippen LogP contribution is 2.35. The van der Waals surface area contributed by atoms with Gasteiger partial charge in [-0.3, -0.25) is 0 Å². The highest BCUT2D eigenvalue weighted by molar-refractivity contribution is 5.75. The van der Waals surface area contributed by atoms with E-state index in [9.17, 15) is 4.79 Å². The van der Waals surface area contributed by atoms with E-state index in [1.807, 2.05) is 29.3 Å². The van der Waals surface area contributed by atoms with Crippen molar-refractivity contribution in [2.75, 3.05) is 31.1 Å². The summed E-state index contributed by atoms with van der Waals surface area (Å²) in [6, 6.07) is 5.93. The summed E-state index contributed by atoms with van der Waals surface area (Å²) in [6.07, 6.45) is 6.22. The maximum atomic E-state index is 12.1. The summed E-state index contributed by atoms with van der Waals surface area (Å²) in [5, 5.41) is 2.92. The lowest BCUT2D eigenvalue weighted by Gasteiger charge is -2.35. The van der Waals surface area contributed by atoms with Crippen LogP contribution >= 0.6 is 0 Å². The molecule has 0 radical (unpaired) electrons. The molecule has 5 nitrogen and oxygen atoms in total. The van der Waals surface area contributed by atoms with Gasteiger partial charge in [0.05, 0.1) is 0 Å². The molecule has 1 saturated heterocycles. The number of nitrogens with zero attached hydrogens (tertiary/aromatic N) is 3. The Hall–Kier alpha value is -2.04. The van der Waals surface area contributed by atoms with Gasteiger partial charge in [-0.15, -0.1) is 0 Å². The Morgan fingerprint density at radius 3 is 2.67 bits per heavy atom. The third-order valence-corrected chi connectivity index (χ3v) is 4.18. The first-order valence-corrected chi connectivity index (χ1v) is 7.62. The number of piperazine rings is 1. The van der Waals surface area contributed by atoms with Gasteiger partial charge >= 0.3 is 6.03 Å². The molecule has 0 aromatic carbocycles. The molecule has 2 amide bonds. The highest BCUT2D eigenvalue weighted by Gasteiger charge is 2.24. The van der Waals surface area contributed by atoms with Crippen LogP contribution in [0.15, 0.2) is 36.2 Å². The van der Waals surface area contributed by atoms with Crippen molar-refractivity contribution >= 4 is 11.8 Å². The topological polar surface area (TPSA) is 48.5 Å². The van der Waals surface area contributed by atoms with E-state index in [1.54, 1.807) is 6.20 Å². The molecule has 0 spiro atoms. The van der Waals surface area contributed by atoms with Crippen LogP contribution in [0.4, 0.5) is 10.6 Å². The van der Waals surface area contributed by atoms with Crippen molar-refractivity contribution in [1.29, 1.82) is 0 Å². The van der Waals surface area contributed by atoms with Gasteiger partial charge in [0.15, 0.2) is 0 Å².